The maximum Gasteiger partial charge on any atom is 0.224 e. The number of hydrogen-bond donors (Lipinski definition) is 2. The number of nitrogens with zero attached hydrogens (tertiary/aromatic N) is 1. The number of rotatable bonds is 8. The molecule has 1 unspecified atom stereocenters. The third kappa shape index (κ3) is 5.35. The van der Waals surface area contributed by atoms with Crippen LogP contribution in [0.2, 0.25) is 0 Å². The Hall–Kier alpha value is -0.700. The van der Waals surface area contributed by atoms with E-state index in [0.717, 1.165) is 6.42 Å². The zero-order valence-electron chi connectivity index (χ0n) is 12.0. The predicted octanol–water partition coefficient (Wildman–Crippen LogP) is -0.860. The molecule has 0 saturated carbocycles. The van der Waals surface area contributed by atoms with Gasteiger partial charge < -0.3 is 15.8 Å². The number of amides is 1. The highest BCUT2D eigenvalue weighted by molar-refractivity contribution is 7.89. The number of carbonyl (C=O) groups excluding carboxylic acids is 1. The van der Waals surface area contributed by atoms with Gasteiger partial charge in [0.15, 0.2) is 0 Å². The van der Waals surface area contributed by atoms with Crippen molar-refractivity contribution >= 4 is 15.9 Å². The van der Waals surface area contributed by atoms with Crippen LogP contribution in [0, 0.1) is 5.92 Å². The van der Waals surface area contributed by atoms with Gasteiger partial charge in [0.05, 0.1) is 11.7 Å². The minimum atomic E-state index is -3.29. The standard InChI is InChI=1S/C12H25N3O4S/c1-19-8-3-9-20(17,18)15-7-2-4-11(10-15)12(16)14-6-5-13/h11H,2-10,13H2,1H3,(H,14,16). The minimum Gasteiger partial charge on any atom is -0.385 e. The van der Waals surface area contributed by atoms with Crippen molar-refractivity contribution in [2.24, 2.45) is 11.7 Å². The summed E-state index contributed by atoms with van der Waals surface area (Å²) < 4.78 is 30.6. The van der Waals surface area contributed by atoms with Crippen LogP contribution in [0.5, 0.6) is 0 Å². The predicted molar refractivity (Wildman–Crippen MR) is 76.6 cm³/mol. The summed E-state index contributed by atoms with van der Waals surface area (Å²) in [6.07, 6.45) is 1.91. The molecule has 0 aromatic carbocycles. The van der Waals surface area contributed by atoms with Gasteiger partial charge in [0.2, 0.25) is 15.9 Å². The van der Waals surface area contributed by atoms with Gasteiger partial charge in [-0.25, -0.2) is 12.7 Å². The quantitative estimate of drug-likeness (QED) is 0.568. The van der Waals surface area contributed by atoms with E-state index in [2.05, 4.69) is 5.32 Å². The molecule has 0 aromatic heterocycles. The van der Waals surface area contributed by atoms with Gasteiger partial charge in [0.25, 0.3) is 0 Å². The molecule has 1 amide bonds. The second-order valence-corrected chi connectivity index (χ2v) is 7.03. The lowest BCUT2D eigenvalue weighted by atomic mass is 9.99. The maximum atomic E-state index is 12.2. The Bertz CT molecular complexity index is 400. The molecule has 1 atom stereocenters. The molecule has 1 saturated heterocycles. The Morgan fingerprint density at radius 3 is 2.90 bits per heavy atom. The zero-order chi connectivity index (χ0) is 15.0. The summed E-state index contributed by atoms with van der Waals surface area (Å²) >= 11 is 0. The first-order valence-electron chi connectivity index (χ1n) is 6.96. The van der Waals surface area contributed by atoms with E-state index in [1.54, 1.807) is 7.11 Å². The van der Waals surface area contributed by atoms with E-state index in [0.29, 0.717) is 39.1 Å². The molecule has 1 rings (SSSR count). The number of nitrogens with one attached hydrogen (secondary N) is 1. The molecule has 20 heavy (non-hydrogen) atoms. The van der Waals surface area contributed by atoms with Crippen LogP contribution in [0.15, 0.2) is 0 Å². The summed E-state index contributed by atoms with van der Waals surface area (Å²) in [6.45, 7) is 2.00. The van der Waals surface area contributed by atoms with E-state index in [9.17, 15) is 13.2 Å². The first-order valence-corrected chi connectivity index (χ1v) is 8.56. The lowest BCUT2D eigenvalue weighted by Crippen LogP contribution is -2.46. The minimum absolute atomic E-state index is 0.0674. The summed E-state index contributed by atoms with van der Waals surface area (Å²) in [4.78, 5) is 11.9. The lowest BCUT2D eigenvalue weighted by Gasteiger charge is -2.31. The fourth-order valence-corrected chi connectivity index (χ4v) is 3.82. The fourth-order valence-electron chi connectivity index (χ4n) is 2.26. The van der Waals surface area contributed by atoms with Crippen LogP contribution in [0.3, 0.4) is 0 Å². The van der Waals surface area contributed by atoms with E-state index < -0.39 is 10.0 Å². The molecule has 1 heterocycles. The van der Waals surface area contributed by atoms with Crippen LogP contribution in [0.4, 0.5) is 0 Å². The Morgan fingerprint density at radius 2 is 2.25 bits per heavy atom. The van der Waals surface area contributed by atoms with E-state index in [1.807, 2.05) is 0 Å². The van der Waals surface area contributed by atoms with Gasteiger partial charge in [-0.15, -0.1) is 0 Å². The van der Waals surface area contributed by atoms with Crippen molar-refractivity contribution in [3.8, 4) is 0 Å². The summed E-state index contributed by atoms with van der Waals surface area (Å²) in [5.74, 6) is -0.308. The molecule has 0 aliphatic carbocycles. The van der Waals surface area contributed by atoms with Gasteiger partial charge >= 0.3 is 0 Å². The molecule has 7 nitrogen and oxygen atoms in total. The molecular formula is C12H25N3O4S. The molecule has 0 radical (unpaired) electrons. The second kappa shape index (κ2) is 8.56. The topological polar surface area (TPSA) is 102 Å². The van der Waals surface area contributed by atoms with Crippen LogP contribution >= 0.6 is 0 Å². The Balaban J connectivity index is 2.53. The molecule has 3 N–H and O–H groups in total. The van der Waals surface area contributed by atoms with E-state index in [4.69, 9.17) is 10.5 Å². The smallest absolute Gasteiger partial charge is 0.224 e. The normalized spacial score (nSPS) is 20.8. The number of hydrogen-bond acceptors (Lipinski definition) is 5. The van der Waals surface area contributed by atoms with Crippen LogP contribution < -0.4 is 11.1 Å². The Kier molecular flexibility index (Phi) is 7.42. The monoisotopic (exact) mass is 307 g/mol. The van der Waals surface area contributed by atoms with Gasteiger partial charge in [0.1, 0.15) is 0 Å². The Morgan fingerprint density at radius 1 is 1.50 bits per heavy atom. The number of ether oxygens (including phenoxy) is 1. The molecule has 118 valence electrons. The SMILES string of the molecule is COCCCS(=O)(=O)N1CCCC(C(=O)NCCN)C1. The molecule has 0 bridgehead atoms. The third-order valence-electron chi connectivity index (χ3n) is 3.34. The third-order valence-corrected chi connectivity index (χ3v) is 5.27. The summed E-state index contributed by atoms with van der Waals surface area (Å²) in [5, 5.41) is 2.72. The van der Waals surface area contributed by atoms with Crippen molar-refractivity contribution in [2.45, 2.75) is 19.3 Å². The van der Waals surface area contributed by atoms with E-state index >= 15 is 0 Å². The van der Waals surface area contributed by atoms with Crippen molar-refractivity contribution in [1.82, 2.24) is 9.62 Å². The van der Waals surface area contributed by atoms with Crippen molar-refractivity contribution in [3.63, 3.8) is 0 Å². The summed E-state index contributed by atoms with van der Waals surface area (Å²) in [5.41, 5.74) is 5.34. The summed E-state index contributed by atoms with van der Waals surface area (Å²) in [6, 6.07) is 0. The lowest BCUT2D eigenvalue weighted by molar-refractivity contribution is -0.126. The number of carbonyl (C=O) groups is 1. The van der Waals surface area contributed by atoms with Crippen molar-refractivity contribution < 1.29 is 17.9 Å². The van der Waals surface area contributed by atoms with Crippen LogP contribution in [0.25, 0.3) is 0 Å². The number of nitrogens with two attached hydrogens (primary N) is 1. The largest absolute Gasteiger partial charge is 0.385 e. The molecule has 1 fully saturated rings. The van der Waals surface area contributed by atoms with Gasteiger partial charge in [-0.2, -0.15) is 0 Å². The van der Waals surface area contributed by atoms with Crippen LogP contribution in [-0.2, 0) is 19.6 Å². The molecule has 0 spiro atoms. The zero-order valence-corrected chi connectivity index (χ0v) is 12.8. The number of methoxy groups -OCH3 is 1. The average molecular weight is 307 g/mol. The number of sulfonamides is 1. The van der Waals surface area contributed by atoms with E-state index in [1.165, 1.54) is 4.31 Å². The van der Waals surface area contributed by atoms with Crippen LogP contribution in [0.1, 0.15) is 19.3 Å². The molecular weight excluding hydrogens is 282 g/mol. The average Bonchev–Trinajstić information content (AvgIpc) is 2.45. The van der Waals surface area contributed by atoms with E-state index in [-0.39, 0.29) is 24.1 Å². The van der Waals surface area contributed by atoms with Crippen LogP contribution in [-0.4, -0.2) is 64.3 Å². The van der Waals surface area contributed by atoms with Gasteiger partial charge in [0, 0.05) is 39.9 Å². The van der Waals surface area contributed by atoms with Gasteiger partial charge in [-0.1, -0.05) is 0 Å². The highest BCUT2D eigenvalue weighted by atomic mass is 32.2. The number of piperidine rings is 1. The highest BCUT2D eigenvalue weighted by Gasteiger charge is 2.31. The van der Waals surface area contributed by atoms with Crippen molar-refractivity contribution in [2.75, 3.05) is 45.6 Å². The molecule has 1 aliphatic heterocycles. The van der Waals surface area contributed by atoms with Gasteiger partial charge in [-0.05, 0) is 19.3 Å². The maximum absolute atomic E-state index is 12.2. The van der Waals surface area contributed by atoms with Gasteiger partial charge in [-0.3, -0.25) is 4.79 Å². The van der Waals surface area contributed by atoms with Crippen molar-refractivity contribution in [3.05, 3.63) is 0 Å². The summed E-state index contributed by atoms with van der Waals surface area (Å²) in [7, 11) is -1.75. The first-order chi connectivity index (χ1) is 9.51. The molecule has 0 aromatic rings. The molecule has 8 heteroatoms. The fraction of sp³-hybridized carbons (Fsp3) is 0.917. The Labute approximate surface area is 120 Å². The molecule has 1 aliphatic rings. The second-order valence-electron chi connectivity index (χ2n) is 4.94. The highest BCUT2D eigenvalue weighted by Crippen LogP contribution is 2.20. The first kappa shape index (κ1) is 17.4. The van der Waals surface area contributed by atoms with Crippen molar-refractivity contribution in [1.29, 1.82) is 0 Å².